The molecule has 0 spiro atoms. The van der Waals surface area contributed by atoms with Crippen LogP contribution in [0.1, 0.15) is 11.7 Å². The fraction of sp³-hybridized carbons (Fsp3) is 0.111. The number of nitrogen functional groups attached to an aromatic ring is 1. The van der Waals surface area contributed by atoms with Crippen LogP contribution >= 0.6 is 12.4 Å². The van der Waals surface area contributed by atoms with Gasteiger partial charge in [-0.2, -0.15) is 5.10 Å². The molecule has 0 unspecified atom stereocenters. The summed E-state index contributed by atoms with van der Waals surface area (Å²) >= 11 is 0. The smallest absolute Gasteiger partial charge is 0.244 e. The summed E-state index contributed by atoms with van der Waals surface area (Å²) in [6, 6.07) is 5.37. The summed E-state index contributed by atoms with van der Waals surface area (Å²) in [5, 5.41) is 4.87. The molecule has 0 amide bonds. The van der Waals surface area contributed by atoms with Crippen LogP contribution in [-0.2, 0) is 0 Å². The number of anilines is 1. The Morgan fingerprint density at radius 3 is 2.86 bits per heavy atom. The van der Waals surface area contributed by atoms with Crippen molar-refractivity contribution in [1.29, 1.82) is 0 Å². The molecule has 0 aliphatic heterocycles. The van der Waals surface area contributed by atoms with Gasteiger partial charge in [0.05, 0.1) is 11.7 Å². The summed E-state index contributed by atoms with van der Waals surface area (Å²) in [5.41, 5.74) is 6.99. The number of nitrogens with zero attached hydrogens (tertiary/aromatic N) is 2. The highest BCUT2D eigenvalue weighted by Crippen LogP contribution is 2.16. The van der Waals surface area contributed by atoms with E-state index in [9.17, 15) is 4.79 Å². The normalized spacial score (nSPS) is 9.79. The van der Waals surface area contributed by atoms with Gasteiger partial charge in [-0.25, -0.2) is 4.68 Å². The van der Waals surface area contributed by atoms with Crippen LogP contribution in [-0.4, -0.2) is 15.7 Å². The molecule has 5 heteroatoms. The quantitative estimate of drug-likeness (QED) is 0.675. The van der Waals surface area contributed by atoms with Gasteiger partial charge >= 0.3 is 0 Å². The molecule has 1 heterocycles. The number of carbonyl (C=O) groups excluding carboxylic acids is 1. The Morgan fingerprint density at radius 2 is 2.21 bits per heavy atom. The lowest BCUT2D eigenvalue weighted by Crippen LogP contribution is -2.06. The van der Waals surface area contributed by atoms with E-state index >= 15 is 0 Å². The van der Waals surface area contributed by atoms with Gasteiger partial charge in [0.2, 0.25) is 5.91 Å². The van der Waals surface area contributed by atoms with Crippen LogP contribution in [0.5, 0.6) is 0 Å². The molecule has 2 rings (SSSR count). The van der Waals surface area contributed by atoms with Gasteiger partial charge in [-0.1, -0.05) is 0 Å². The minimum atomic E-state index is -0.111. The molecule has 0 saturated heterocycles. The molecule has 2 N–H and O–H groups in total. The van der Waals surface area contributed by atoms with Gasteiger partial charge in [-0.05, 0) is 18.2 Å². The molecule has 0 radical (unpaired) electrons. The highest BCUT2D eigenvalue weighted by molar-refractivity contribution is 5.91. The Kier molecular flexibility index (Phi) is 2.76. The van der Waals surface area contributed by atoms with Gasteiger partial charge in [0.1, 0.15) is 0 Å². The monoisotopic (exact) mass is 211 g/mol. The summed E-state index contributed by atoms with van der Waals surface area (Å²) < 4.78 is 1.34. The number of carbonyl (C=O) groups is 1. The van der Waals surface area contributed by atoms with Crippen molar-refractivity contribution in [2.24, 2.45) is 0 Å². The van der Waals surface area contributed by atoms with E-state index in [-0.39, 0.29) is 18.3 Å². The number of hydrogen-bond acceptors (Lipinski definition) is 3. The number of fused-ring (bicyclic) bond motifs is 1. The van der Waals surface area contributed by atoms with Crippen LogP contribution in [0, 0.1) is 0 Å². The van der Waals surface area contributed by atoms with Gasteiger partial charge in [-0.15, -0.1) is 12.4 Å². The number of hydrogen-bond donors (Lipinski definition) is 1. The van der Waals surface area contributed by atoms with E-state index in [4.69, 9.17) is 5.73 Å². The lowest BCUT2D eigenvalue weighted by Gasteiger charge is -1.97. The Morgan fingerprint density at radius 1 is 1.50 bits per heavy atom. The van der Waals surface area contributed by atoms with Gasteiger partial charge in [0, 0.05) is 18.0 Å². The van der Waals surface area contributed by atoms with Gasteiger partial charge < -0.3 is 5.73 Å². The predicted octanol–water partition coefficient (Wildman–Crippen LogP) is 1.70. The van der Waals surface area contributed by atoms with Crippen LogP contribution in [0.2, 0.25) is 0 Å². The average Bonchev–Trinajstić information content (AvgIpc) is 2.46. The molecule has 0 fully saturated rings. The highest BCUT2D eigenvalue weighted by Gasteiger charge is 2.05. The Labute approximate surface area is 87.1 Å². The van der Waals surface area contributed by atoms with Crippen molar-refractivity contribution in [1.82, 2.24) is 9.78 Å². The van der Waals surface area contributed by atoms with Crippen LogP contribution < -0.4 is 5.73 Å². The van der Waals surface area contributed by atoms with Gasteiger partial charge in [0.15, 0.2) is 0 Å². The zero-order valence-corrected chi connectivity index (χ0v) is 8.41. The molecule has 2 aromatic rings. The van der Waals surface area contributed by atoms with Crippen LogP contribution in [0.15, 0.2) is 24.4 Å². The molecule has 0 aliphatic rings. The Balaban J connectivity index is 0.000000980. The van der Waals surface area contributed by atoms with E-state index < -0.39 is 0 Å². The zero-order valence-electron chi connectivity index (χ0n) is 7.60. The lowest BCUT2D eigenvalue weighted by atomic mass is 10.2. The second-order valence-corrected chi connectivity index (χ2v) is 2.89. The number of aromatic nitrogens is 2. The standard InChI is InChI=1S/C9H9N3O.ClH/c1-6(13)12-9-4-8(10)3-2-7(9)5-11-12;/h2-5H,10H2,1H3;1H. The molecule has 4 nitrogen and oxygen atoms in total. The molecule has 0 aliphatic carbocycles. The summed E-state index contributed by atoms with van der Waals surface area (Å²) in [7, 11) is 0. The predicted molar refractivity (Wildman–Crippen MR) is 57.7 cm³/mol. The lowest BCUT2D eigenvalue weighted by molar-refractivity contribution is 0.0927. The van der Waals surface area contributed by atoms with Crippen molar-refractivity contribution in [3.63, 3.8) is 0 Å². The largest absolute Gasteiger partial charge is 0.399 e. The average molecular weight is 212 g/mol. The summed E-state index contributed by atoms with van der Waals surface area (Å²) in [4.78, 5) is 11.1. The molecule has 0 saturated carbocycles. The highest BCUT2D eigenvalue weighted by atomic mass is 35.5. The first kappa shape index (κ1) is 10.5. The summed E-state index contributed by atoms with van der Waals surface area (Å²) in [5.74, 6) is -0.111. The van der Waals surface area contributed by atoms with E-state index in [1.165, 1.54) is 11.6 Å². The van der Waals surface area contributed by atoms with E-state index in [2.05, 4.69) is 5.10 Å². The molecule has 0 atom stereocenters. The second kappa shape index (κ2) is 3.67. The number of nitrogens with two attached hydrogens (primary N) is 1. The van der Waals surface area contributed by atoms with E-state index in [1.54, 1.807) is 18.3 Å². The summed E-state index contributed by atoms with van der Waals surface area (Å²) in [6.45, 7) is 1.47. The molecular formula is C9H10ClN3O. The SMILES string of the molecule is CC(=O)n1ncc2ccc(N)cc21.Cl. The van der Waals surface area contributed by atoms with Gasteiger partial charge in [-0.3, -0.25) is 4.79 Å². The number of rotatable bonds is 0. The molecule has 1 aromatic heterocycles. The van der Waals surface area contributed by atoms with Crippen LogP contribution in [0.3, 0.4) is 0 Å². The van der Waals surface area contributed by atoms with E-state index in [0.717, 1.165) is 10.9 Å². The van der Waals surface area contributed by atoms with E-state index in [1.807, 2.05) is 6.07 Å². The third-order valence-electron chi connectivity index (χ3n) is 1.89. The third kappa shape index (κ3) is 1.56. The maximum atomic E-state index is 11.1. The topological polar surface area (TPSA) is 60.9 Å². The molecule has 74 valence electrons. The molecular weight excluding hydrogens is 202 g/mol. The number of benzene rings is 1. The van der Waals surface area contributed by atoms with Crippen molar-refractivity contribution in [2.45, 2.75) is 6.92 Å². The molecule has 1 aromatic carbocycles. The summed E-state index contributed by atoms with van der Waals surface area (Å²) in [6.07, 6.45) is 1.65. The van der Waals surface area contributed by atoms with Gasteiger partial charge in [0.25, 0.3) is 0 Å². The fourth-order valence-electron chi connectivity index (χ4n) is 1.29. The van der Waals surface area contributed by atoms with E-state index in [0.29, 0.717) is 5.69 Å². The first-order valence-corrected chi connectivity index (χ1v) is 3.92. The van der Waals surface area contributed by atoms with Crippen LogP contribution in [0.25, 0.3) is 10.9 Å². The van der Waals surface area contributed by atoms with Crippen molar-refractivity contribution in [3.8, 4) is 0 Å². The second-order valence-electron chi connectivity index (χ2n) is 2.89. The minimum absolute atomic E-state index is 0. The van der Waals surface area contributed by atoms with Crippen molar-refractivity contribution in [3.05, 3.63) is 24.4 Å². The fourth-order valence-corrected chi connectivity index (χ4v) is 1.29. The first-order valence-electron chi connectivity index (χ1n) is 3.92. The zero-order chi connectivity index (χ0) is 9.42. The maximum absolute atomic E-state index is 11.1. The molecule has 0 bridgehead atoms. The Hall–Kier alpha value is -1.55. The number of halogens is 1. The molecule has 14 heavy (non-hydrogen) atoms. The van der Waals surface area contributed by atoms with Crippen molar-refractivity contribution in [2.75, 3.05) is 5.73 Å². The van der Waals surface area contributed by atoms with Crippen LogP contribution in [0.4, 0.5) is 5.69 Å². The minimum Gasteiger partial charge on any atom is -0.399 e. The van der Waals surface area contributed by atoms with Crippen molar-refractivity contribution < 1.29 is 4.79 Å². The maximum Gasteiger partial charge on any atom is 0.244 e. The first-order chi connectivity index (χ1) is 6.18. The third-order valence-corrected chi connectivity index (χ3v) is 1.89. The Bertz CT molecular complexity index is 478. The van der Waals surface area contributed by atoms with Crippen molar-refractivity contribution >= 4 is 34.9 Å².